The molecule has 1 saturated heterocycles. The predicted octanol–water partition coefficient (Wildman–Crippen LogP) is 1.86. The van der Waals surface area contributed by atoms with E-state index in [1.54, 1.807) is 0 Å². The number of rotatable bonds is 5. The molecule has 2 heterocycles. The van der Waals surface area contributed by atoms with E-state index < -0.39 is 0 Å². The molecule has 4 atom stereocenters. The second-order valence-corrected chi connectivity index (χ2v) is 8.39. The van der Waals surface area contributed by atoms with E-state index in [9.17, 15) is 4.79 Å². The van der Waals surface area contributed by atoms with Crippen molar-refractivity contribution < 1.29 is 4.79 Å². The Bertz CT molecular complexity index is 546. The van der Waals surface area contributed by atoms with Crippen molar-refractivity contribution in [1.82, 2.24) is 20.0 Å². The normalized spacial score (nSPS) is 30.7. The monoisotopic (exact) mass is 336 g/mol. The first-order valence-electron chi connectivity index (χ1n) is 8.67. The lowest BCUT2D eigenvalue weighted by molar-refractivity contribution is -0.136. The predicted molar refractivity (Wildman–Crippen MR) is 94.6 cm³/mol. The molecular formula is C17H28N4OS. The Kier molecular flexibility index (Phi) is 5.31. The minimum atomic E-state index is 0.0436. The highest BCUT2D eigenvalue weighted by atomic mass is 32.2. The topological polar surface area (TPSA) is 50.2 Å². The van der Waals surface area contributed by atoms with Crippen molar-refractivity contribution in [2.45, 2.75) is 43.4 Å². The number of aryl methyl sites for hydroxylation is 1. The van der Waals surface area contributed by atoms with Gasteiger partial charge in [0.05, 0.1) is 12.1 Å². The van der Waals surface area contributed by atoms with E-state index in [2.05, 4.69) is 17.3 Å². The second-order valence-electron chi connectivity index (χ2n) is 6.81. The number of hydrogen-bond acceptors (Lipinski definition) is 4. The molecule has 0 bridgehead atoms. The molecule has 1 aliphatic carbocycles. The molecule has 3 rings (SSSR count). The van der Waals surface area contributed by atoms with Crippen molar-refractivity contribution >= 4 is 17.7 Å². The first-order valence-corrected chi connectivity index (χ1v) is 9.72. The Morgan fingerprint density at radius 2 is 2.30 bits per heavy atom. The van der Waals surface area contributed by atoms with Crippen LogP contribution in [0.25, 0.3) is 0 Å². The Labute approximate surface area is 143 Å². The molecule has 128 valence electrons. The summed E-state index contributed by atoms with van der Waals surface area (Å²) in [5.41, 5.74) is 1.18. The largest absolute Gasteiger partial charge is 0.342 e. The first kappa shape index (κ1) is 16.8. The molecule has 2 fully saturated rings. The molecule has 1 N–H and O–H groups in total. The van der Waals surface area contributed by atoms with Crippen molar-refractivity contribution in [3.63, 3.8) is 0 Å². The SMILES string of the molecule is CCSC1CCC(N(C)C(=O)[C@H]2CNC[C@@H]2c2cnn(C)c2)C1. The fraction of sp³-hybridized carbons (Fsp3) is 0.765. The minimum absolute atomic E-state index is 0.0436. The van der Waals surface area contributed by atoms with Gasteiger partial charge in [0, 0.05) is 50.6 Å². The average molecular weight is 337 g/mol. The van der Waals surface area contributed by atoms with Gasteiger partial charge in [-0.1, -0.05) is 6.92 Å². The van der Waals surface area contributed by atoms with Crippen molar-refractivity contribution in [1.29, 1.82) is 0 Å². The van der Waals surface area contributed by atoms with Gasteiger partial charge in [0.1, 0.15) is 0 Å². The van der Waals surface area contributed by atoms with Gasteiger partial charge in [-0.15, -0.1) is 0 Å². The highest BCUT2D eigenvalue weighted by molar-refractivity contribution is 7.99. The summed E-state index contributed by atoms with van der Waals surface area (Å²) in [7, 11) is 3.93. The molecule has 6 heteroatoms. The minimum Gasteiger partial charge on any atom is -0.342 e. The van der Waals surface area contributed by atoms with Gasteiger partial charge < -0.3 is 10.2 Å². The van der Waals surface area contributed by atoms with Gasteiger partial charge in [0.2, 0.25) is 5.91 Å². The summed E-state index contributed by atoms with van der Waals surface area (Å²) in [6, 6.07) is 0.418. The summed E-state index contributed by atoms with van der Waals surface area (Å²) in [5, 5.41) is 8.40. The zero-order valence-electron chi connectivity index (χ0n) is 14.4. The molecule has 1 aliphatic heterocycles. The highest BCUT2D eigenvalue weighted by Gasteiger charge is 2.39. The Morgan fingerprint density at radius 3 is 3.00 bits per heavy atom. The fourth-order valence-corrected chi connectivity index (χ4v) is 5.15. The lowest BCUT2D eigenvalue weighted by Crippen LogP contribution is -2.41. The van der Waals surface area contributed by atoms with Crippen molar-refractivity contribution in [3.8, 4) is 0 Å². The molecule has 0 radical (unpaired) electrons. The van der Waals surface area contributed by atoms with Crippen LogP contribution in [-0.4, -0.2) is 57.8 Å². The number of nitrogens with one attached hydrogen (secondary N) is 1. The van der Waals surface area contributed by atoms with Gasteiger partial charge in [-0.2, -0.15) is 16.9 Å². The van der Waals surface area contributed by atoms with Gasteiger partial charge in [-0.25, -0.2) is 0 Å². The zero-order chi connectivity index (χ0) is 16.4. The molecule has 0 spiro atoms. The summed E-state index contributed by atoms with van der Waals surface area (Å²) >= 11 is 2.04. The fourth-order valence-electron chi connectivity index (χ4n) is 4.02. The molecule has 1 aromatic heterocycles. The van der Waals surface area contributed by atoms with Crippen LogP contribution in [0.5, 0.6) is 0 Å². The summed E-state index contributed by atoms with van der Waals surface area (Å²) in [5.74, 6) is 1.77. The third kappa shape index (κ3) is 3.58. The Morgan fingerprint density at radius 1 is 1.48 bits per heavy atom. The number of carbonyl (C=O) groups is 1. The summed E-state index contributed by atoms with van der Waals surface area (Å²) in [4.78, 5) is 15.1. The van der Waals surface area contributed by atoms with Crippen LogP contribution in [0, 0.1) is 5.92 Å². The molecular weight excluding hydrogens is 308 g/mol. The van der Waals surface area contributed by atoms with Gasteiger partial charge in [0.25, 0.3) is 0 Å². The average Bonchev–Trinajstić information content (AvgIpc) is 3.25. The van der Waals surface area contributed by atoms with Crippen LogP contribution in [0.4, 0.5) is 0 Å². The third-order valence-corrected chi connectivity index (χ3v) is 6.57. The number of aromatic nitrogens is 2. The lowest BCUT2D eigenvalue weighted by atomic mass is 9.89. The summed E-state index contributed by atoms with van der Waals surface area (Å²) < 4.78 is 1.82. The Balaban J connectivity index is 1.64. The van der Waals surface area contributed by atoms with Gasteiger partial charge in [-0.3, -0.25) is 9.48 Å². The maximum atomic E-state index is 13.0. The van der Waals surface area contributed by atoms with Crippen LogP contribution in [-0.2, 0) is 11.8 Å². The van der Waals surface area contributed by atoms with Gasteiger partial charge in [-0.05, 0) is 30.6 Å². The van der Waals surface area contributed by atoms with E-state index in [1.165, 1.54) is 17.7 Å². The molecule has 1 aromatic rings. The Hall–Kier alpha value is -1.01. The number of amides is 1. The van der Waals surface area contributed by atoms with E-state index in [-0.39, 0.29) is 11.8 Å². The highest BCUT2D eigenvalue weighted by Crippen LogP contribution is 2.35. The van der Waals surface area contributed by atoms with Crippen LogP contribution in [0.1, 0.15) is 37.7 Å². The van der Waals surface area contributed by atoms with E-state index in [4.69, 9.17) is 0 Å². The summed E-state index contributed by atoms with van der Waals surface area (Å²) in [6.07, 6.45) is 7.49. The van der Waals surface area contributed by atoms with Gasteiger partial charge in [0.15, 0.2) is 0 Å². The second kappa shape index (κ2) is 7.26. The molecule has 5 nitrogen and oxygen atoms in total. The summed E-state index contributed by atoms with van der Waals surface area (Å²) in [6.45, 7) is 3.87. The van der Waals surface area contributed by atoms with E-state index >= 15 is 0 Å². The third-order valence-electron chi connectivity index (χ3n) is 5.34. The van der Waals surface area contributed by atoms with Crippen molar-refractivity contribution in [2.24, 2.45) is 13.0 Å². The van der Waals surface area contributed by atoms with Crippen LogP contribution in [0.3, 0.4) is 0 Å². The van der Waals surface area contributed by atoms with Crippen LogP contribution < -0.4 is 5.32 Å². The van der Waals surface area contributed by atoms with Crippen LogP contribution >= 0.6 is 11.8 Å². The number of carbonyl (C=O) groups excluding carboxylic acids is 1. The smallest absolute Gasteiger partial charge is 0.227 e. The lowest BCUT2D eigenvalue weighted by Gasteiger charge is -2.29. The molecule has 2 unspecified atom stereocenters. The molecule has 1 amide bonds. The number of hydrogen-bond donors (Lipinski definition) is 1. The standard InChI is InChI=1S/C17H28N4OS/c1-4-23-14-6-5-13(7-14)21(3)17(22)16-10-18-9-15(16)12-8-19-20(2)11-12/h8,11,13-16,18H,4-7,9-10H2,1-3H3/t13?,14?,15-,16+/m1/s1. The van der Waals surface area contributed by atoms with E-state index in [1.807, 2.05) is 47.8 Å². The van der Waals surface area contributed by atoms with E-state index in [0.717, 1.165) is 31.2 Å². The zero-order valence-corrected chi connectivity index (χ0v) is 15.2. The maximum Gasteiger partial charge on any atom is 0.227 e. The molecule has 23 heavy (non-hydrogen) atoms. The van der Waals surface area contributed by atoms with E-state index in [0.29, 0.717) is 11.9 Å². The quantitative estimate of drug-likeness (QED) is 0.892. The molecule has 1 saturated carbocycles. The number of thioether (sulfide) groups is 1. The number of nitrogens with zero attached hydrogens (tertiary/aromatic N) is 3. The van der Waals surface area contributed by atoms with Gasteiger partial charge >= 0.3 is 0 Å². The first-order chi connectivity index (χ1) is 11.1. The van der Waals surface area contributed by atoms with Crippen LogP contribution in [0.15, 0.2) is 12.4 Å². The van der Waals surface area contributed by atoms with Crippen LogP contribution in [0.2, 0.25) is 0 Å². The van der Waals surface area contributed by atoms with Crippen molar-refractivity contribution in [3.05, 3.63) is 18.0 Å². The molecule has 0 aromatic carbocycles. The molecule has 2 aliphatic rings. The maximum absolute atomic E-state index is 13.0. The van der Waals surface area contributed by atoms with Crippen molar-refractivity contribution in [2.75, 3.05) is 25.9 Å².